The zero-order chi connectivity index (χ0) is 21.3. The molecule has 162 valence electrons. The van der Waals surface area contributed by atoms with Gasteiger partial charge in [0.15, 0.2) is 0 Å². The van der Waals surface area contributed by atoms with E-state index in [0.29, 0.717) is 30.5 Å². The van der Waals surface area contributed by atoms with Gasteiger partial charge in [0.25, 0.3) is 0 Å². The number of carbonyl (C=O) groups excluding carboxylic acids is 1. The summed E-state index contributed by atoms with van der Waals surface area (Å²) in [6.45, 7) is 8.98. The minimum Gasteiger partial charge on any atom is -0.397 e. The number of nitrogens with two attached hydrogens (primary N) is 1. The number of halogens is 1. The monoisotopic (exact) mass is 524 g/mol. The molecule has 0 aromatic carbocycles. The lowest BCUT2D eigenvalue weighted by Crippen LogP contribution is -2.36. The highest BCUT2D eigenvalue weighted by atomic mass is 127. The molecule has 4 rings (SSSR count). The Labute approximate surface area is 191 Å². The van der Waals surface area contributed by atoms with Crippen molar-refractivity contribution in [2.24, 2.45) is 17.6 Å². The standard InChI is InChI=1S/C21H30IN7O/c1-14(4-3-5-18(23)19-8-11-26-29(19)22)28-13-15(28)6-10-25-21(30)27(2)20-16-7-9-24-12-17(16)20/h5,7-9,11,14-17,20,24H,2-4,6,10,12-13,23H2,1H3/p+1/b18-5-/t14-,15+,16?,17+,20?,28?/m0/s1. The maximum atomic E-state index is 12.4. The third-order valence-electron chi connectivity index (χ3n) is 6.52. The van der Waals surface area contributed by atoms with E-state index in [9.17, 15) is 4.79 Å². The number of hydrogen-bond donors (Lipinski definition) is 3. The summed E-state index contributed by atoms with van der Waals surface area (Å²) in [5, 5.41) is 10.4. The average molecular weight is 524 g/mol. The van der Waals surface area contributed by atoms with Crippen molar-refractivity contribution in [3.63, 3.8) is 0 Å². The highest BCUT2D eigenvalue weighted by Crippen LogP contribution is 2.43. The van der Waals surface area contributed by atoms with Gasteiger partial charge in [-0.05, 0) is 32.0 Å². The molecule has 0 spiro atoms. The van der Waals surface area contributed by atoms with Gasteiger partial charge in [-0.3, -0.25) is 4.90 Å². The zero-order valence-electron chi connectivity index (χ0n) is 17.4. The van der Waals surface area contributed by atoms with E-state index in [0.717, 1.165) is 43.7 Å². The number of nitrogens with zero attached hydrogens (tertiary/aromatic N) is 4. The van der Waals surface area contributed by atoms with Crippen molar-refractivity contribution in [1.82, 2.24) is 23.5 Å². The Morgan fingerprint density at radius 1 is 1.60 bits per heavy atom. The molecule has 2 aliphatic heterocycles. The van der Waals surface area contributed by atoms with Gasteiger partial charge in [0.05, 0.1) is 53.7 Å². The highest BCUT2D eigenvalue weighted by Gasteiger charge is 2.56. The quantitative estimate of drug-likeness (QED) is 0.198. The van der Waals surface area contributed by atoms with Gasteiger partial charge in [-0.15, -0.1) is 0 Å². The van der Waals surface area contributed by atoms with Crippen molar-refractivity contribution in [2.75, 3.05) is 19.6 Å². The number of allylic oxidation sites excluding steroid dienone is 1. The van der Waals surface area contributed by atoms with Crippen molar-refractivity contribution in [1.29, 1.82) is 0 Å². The topological polar surface area (TPSA) is 91.0 Å². The van der Waals surface area contributed by atoms with Gasteiger partial charge in [0.2, 0.25) is 0 Å². The largest absolute Gasteiger partial charge is 0.490 e. The molecule has 8 nitrogen and oxygen atoms in total. The fourth-order valence-electron chi connectivity index (χ4n) is 4.53. The second kappa shape index (κ2) is 9.09. The minimum absolute atomic E-state index is 0.0573. The van der Waals surface area contributed by atoms with Crippen LogP contribution in [-0.2, 0) is 0 Å². The second-order valence-corrected chi connectivity index (χ2v) is 9.42. The lowest BCUT2D eigenvalue weighted by atomic mass is 10.1. The van der Waals surface area contributed by atoms with E-state index in [1.807, 2.05) is 12.3 Å². The van der Waals surface area contributed by atoms with Crippen LogP contribution in [0.15, 0.2) is 30.6 Å². The van der Waals surface area contributed by atoms with Crippen LogP contribution in [0.3, 0.4) is 0 Å². The summed E-state index contributed by atoms with van der Waals surface area (Å²) in [4.78, 5) is 14.9. The Kier molecular flexibility index (Phi) is 6.47. The number of fused-ring (bicyclic) bond motifs is 1. The lowest BCUT2D eigenvalue weighted by molar-refractivity contribution is -0.441. The number of aromatic nitrogens is 2. The molecule has 3 aliphatic rings. The van der Waals surface area contributed by atoms with Crippen LogP contribution >= 0.6 is 22.9 Å². The lowest BCUT2D eigenvalue weighted by Gasteiger charge is -2.13. The smallest absolute Gasteiger partial charge is 0.397 e. The maximum Gasteiger partial charge on any atom is 0.490 e. The van der Waals surface area contributed by atoms with Gasteiger partial charge in [0.1, 0.15) is 6.04 Å². The number of carbonyl (C=O) groups is 1. The summed E-state index contributed by atoms with van der Waals surface area (Å²) in [6, 6.07) is 3.18. The molecule has 1 saturated carbocycles. The molecule has 6 atom stereocenters. The van der Waals surface area contributed by atoms with Gasteiger partial charge < -0.3 is 11.1 Å². The Hall–Kier alpha value is -1.88. The summed E-state index contributed by atoms with van der Waals surface area (Å²) >= 11 is 2.13. The number of nitrogens with one attached hydrogen (secondary N) is 2. The average Bonchev–Trinajstić information content (AvgIpc) is 3.62. The molecule has 2 fully saturated rings. The fraction of sp³-hybridized carbons (Fsp3) is 0.571. The summed E-state index contributed by atoms with van der Waals surface area (Å²) in [6.07, 6.45) is 11.0. The van der Waals surface area contributed by atoms with Crippen molar-refractivity contribution in [2.45, 2.75) is 44.3 Å². The SMILES string of the molecule is C=[N+](C(=O)NCC[C@@H]1CN1[C@@H](C)CC/C=C(\N)c1ccnn1I)C1C2C=CNC[C@H]21. The van der Waals surface area contributed by atoms with E-state index in [2.05, 4.69) is 69.3 Å². The first-order chi connectivity index (χ1) is 14.5. The molecule has 1 aromatic heterocycles. The van der Waals surface area contributed by atoms with E-state index in [1.165, 1.54) is 0 Å². The van der Waals surface area contributed by atoms with Crippen LogP contribution in [0.2, 0.25) is 0 Å². The highest BCUT2D eigenvalue weighted by molar-refractivity contribution is 14.1. The van der Waals surface area contributed by atoms with Crippen LogP contribution in [0.1, 0.15) is 31.9 Å². The molecule has 0 radical (unpaired) electrons. The third-order valence-corrected chi connectivity index (χ3v) is 7.29. The van der Waals surface area contributed by atoms with Crippen LogP contribution < -0.4 is 16.4 Å². The summed E-state index contributed by atoms with van der Waals surface area (Å²) < 4.78 is 3.40. The van der Waals surface area contributed by atoms with Gasteiger partial charge >= 0.3 is 6.03 Å². The van der Waals surface area contributed by atoms with Crippen molar-refractivity contribution < 1.29 is 9.37 Å². The molecule has 1 aromatic rings. The van der Waals surface area contributed by atoms with Gasteiger partial charge in [-0.25, -0.2) is 12.8 Å². The molecule has 30 heavy (non-hydrogen) atoms. The van der Waals surface area contributed by atoms with Crippen molar-refractivity contribution in [3.05, 3.63) is 36.3 Å². The van der Waals surface area contributed by atoms with Crippen LogP contribution in [0, 0.1) is 11.8 Å². The van der Waals surface area contributed by atoms with Crippen LogP contribution in [-0.4, -0.2) is 68.0 Å². The fourth-order valence-corrected chi connectivity index (χ4v) is 5.12. The van der Waals surface area contributed by atoms with E-state index in [4.69, 9.17) is 5.73 Å². The zero-order valence-corrected chi connectivity index (χ0v) is 19.5. The first-order valence-electron chi connectivity index (χ1n) is 10.7. The van der Waals surface area contributed by atoms with E-state index >= 15 is 0 Å². The number of amides is 2. The molecular formula is C21H31IN7O+. The van der Waals surface area contributed by atoms with E-state index in [1.54, 1.807) is 13.7 Å². The van der Waals surface area contributed by atoms with E-state index < -0.39 is 0 Å². The molecule has 1 aliphatic carbocycles. The van der Waals surface area contributed by atoms with Crippen molar-refractivity contribution in [3.8, 4) is 0 Å². The molecule has 3 unspecified atom stereocenters. The first kappa shape index (κ1) is 21.4. The number of hydrogen-bond acceptors (Lipinski definition) is 5. The predicted molar refractivity (Wildman–Crippen MR) is 126 cm³/mol. The molecular weight excluding hydrogens is 493 g/mol. The van der Waals surface area contributed by atoms with Crippen LogP contribution in [0.4, 0.5) is 4.79 Å². The van der Waals surface area contributed by atoms with Gasteiger partial charge in [0, 0.05) is 43.4 Å². The third kappa shape index (κ3) is 4.72. The second-order valence-electron chi connectivity index (χ2n) is 8.50. The van der Waals surface area contributed by atoms with Crippen LogP contribution in [0.5, 0.6) is 0 Å². The molecule has 9 heteroatoms. The summed E-state index contributed by atoms with van der Waals surface area (Å²) in [5.41, 5.74) is 7.88. The summed E-state index contributed by atoms with van der Waals surface area (Å²) in [5.74, 6) is 0.980. The molecule has 2 amide bonds. The summed E-state index contributed by atoms with van der Waals surface area (Å²) in [7, 11) is 0. The Balaban J connectivity index is 1.12. The van der Waals surface area contributed by atoms with E-state index in [-0.39, 0.29) is 12.1 Å². The minimum atomic E-state index is -0.0573. The van der Waals surface area contributed by atoms with Gasteiger partial charge in [-0.1, -0.05) is 12.2 Å². The van der Waals surface area contributed by atoms with Crippen LogP contribution in [0.25, 0.3) is 5.70 Å². The molecule has 3 heterocycles. The molecule has 4 N–H and O–H groups in total. The molecule has 0 bridgehead atoms. The Bertz CT molecular complexity index is 863. The molecule has 1 saturated heterocycles. The first-order valence-corrected chi connectivity index (χ1v) is 11.6. The predicted octanol–water partition coefficient (Wildman–Crippen LogP) is 1.78. The number of urea groups is 1. The Morgan fingerprint density at radius 3 is 3.13 bits per heavy atom. The normalized spacial score (nSPS) is 30.2. The van der Waals surface area contributed by atoms with Crippen molar-refractivity contribution >= 4 is 41.3 Å². The van der Waals surface area contributed by atoms with Gasteiger partial charge in [-0.2, -0.15) is 9.89 Å². The Morgan fingerprint density at radius 2 is 2.43 bits per heavy atom. The number of rotatable bonds is 9. The maximum absolute atomic E-state index is 12.4.